The second kappa shape index (κ2) is 7.69. The number of nitrogens with one attached hydrogen (secondary N) is 1. The maximum atomic E-state index is 12.7. The third kappa shape index (κ3) is 3.51. The average molecular weight is 298 g/mol. The summed E-state index contributed by atoms with van der Waals surface area (Å²) in [7, 11) is 0. The van der Waals surface area contributed by atoms with Crippen molar-refractivity contribution in [2.45, 2.75) is 88.7 Å². The first-order chi connectivity index (χ1) is 9.71. The van der Waals surface area contributed by atoms with E-state index in [0.717, 1.165) is 30.9 Å². The molecule has 1 aliphatic carbocycles. The second-order valence-electron chi connectivity index (χ2n) is 6.22. The molecule has 1 N–H and O–H groups in total. The molecule has 0 spiro atoms. The zero-order chi connectivity index (χ0) is 14.5. The van der Waals surface area contributed by atoms with Crippen LogP contribution in [0.3, 0.4) is 0 Å². The lowest BCUT2D eigenvalue weighted by molar-refractivity contribution is -0.133. The third-order valence-corrected chi connectivity index (χ3v) is 5.93. The molecule has 20 heavy (non-hydrogen) atoms. The topological polar surface area (TPSA) is 32.3 Å². The van der Waals surface area contributed by atoms with Crippen LogP contribution in [0.25, 0.3) is 0 Å². The van der Waals surface area contributed by atoms with Gasteiger partial charge in [-0.25, -0.2) is 0 Å². The van der Waals surface area contributed by atoms with Crippen LogP contribution in [0.15, 0.2) is 0 Å². The van der Waals surface area contributed by atoms with Crippen LogP contribution in [0.5, 0.6) is 0 Å². The van der Waals surface area contributed by atoms with Crippen LogP contribution < -0.4 is 5.32 Å². The number of nitrogens with zero attached hydrogens (tertiary/aromatic N) is 1. The minimum absolute atomic E-state index is 0.0785. The summed E-state index contributed by atoms with van der Waals surface area (Å²) in [5.41, 5.74) is 0. The Balaban J connectivity index is 2.01. The second-order valence-corrected chi connectivity index (χ2v) is 7.36. The van der Waals surface area contributed by atoms with Crippen molar-refractivity contribution in [3.8, 4) is 0 Å². The molecule has 2 atom stereocenters. The Morgan fingerprint density at radius 3 is 2.35 bits per heavy atom. The van der Waals surface area contributed by atoms with Crippen LogP contribution in [0.1, 0.15) is 65.2 Å². The lowest BCUT2D eigenvalue weighted by Gasteiger charge is -2.37. The van der Waals surface area contributed by atoms with Crippen molar-refractivity contribution in [1.29, 1.82) is 0 Å². The molecule has 4 heteroatoms. The van der Waals surface area contributed by atoms with Gasteiger partial charge in [-0.2, -0.15) is 11.8 Å². The molecule has 0 bridgehead atoms. The molecule has 0 aromatic rings. The van der Waals surface area contributed by atoms with Gasteiger partial charge in [0.1, 0.15) is 0 Å². The summed E-state index contributed by atoms with van der Waals surface area (Å²) in [4.78, 5) is 14.9. The maximum Gasteiger partial charge on any atom is 0.241 e. The Morgan fingerprint density at radius 2 is 1.80 bits per heavy atom. The van der Waals surface area contributed by atoms with Crippen LogP contribution in [-0.4, -0.2) is 40.6 Å². The van der Waals surface area contributed by atoms with Crippen molar-refractivity contribution in [2.75, 3.05) is 6.26 Å². The van der Waals surface area contributed by atoms with Crippen LogP contribution >= 0.6 is 11.8 Å². The number of hydrogen-bond donors (Lipinski definition) is 1. The monoisotopic (exact) mass is 298 g/mol. The van der Waals surface area contributed by atoms with E-state index in [1.54, 1.807) is 0 Å². The largest absolute Gasteiger partial charge is 0.323 e. The maximum absolute atomic E-state index is 12.7. The molecule has 2 rings (SSSR count). The molecule has 1 aliphatic heterocycles. The molecule has 1 saturated carbocycles. The van der Waals surface area contributed by atoms with E-state index >= 15 is 0 Å². The fourth-order valence-electron chi connectivity index (χ4n) is 3.70. The number of hydrogen-bond acceptors (Lipinski definition) is 3. The smallest absolute Gasteiger partial charge is 0.241 e. The molecule has 0 radical (unpaired) electrons. The summed E-state index contributed by atoms with van der Waals surface area (Å²) >= 11 is 1.99. The van der Waals surface area contributed by atoms with Crippen LogP contribution in [0.2, 0.25) is 0 Å². The lowest BCUT2D eigenvalue weighted by atomic mass is 9.93. The first kappa shape index (κ1) is 16.2. The van der Waals surface area contributed by atoms with Crippen molar-refractivity contribution >= 4 is 17.7 Å². The van der Waals surface area contributed by atoms with E-state index in [2.05, 4.69) is 30.3 Å². The Hall–Kier alpha value is -0.220. The minimum Gasteiger partial charge on any atom is -0.323 e. The highest BCUT2D eigenvalue weighted by atomic mass is 32.2. The molecule has 3 nitrogen and oxygen atoms in total. The van der Waals surface area contributed by atoms with Gasteiger partial charge in [0.2, 0.25) is 5.91 Å². The molecule has 1 heterocycles. The summed E-state index contributed by atoms with van der Waals surface area (Å²) in [6, 6.07) is 0.562. The summed E-state index contributed by atoms with van der Waals surface area (Å²) in [6.07, 6.45) is 11.7. The van der Waals surface area contributed by atoms with Crippen molar-refractivity contribution in [3.05, 3.63) is 0 Å². The van der Waals surface area contributed by atoms with Crippen molar-refractivity contribution in [2.24, 2.45) is 0 Å². The Labute approximate surface area is 128 Å². The van der Waals surface area contributed by atoms with E-state index in [1.807, 2.05) is 11.8 Å². The molecule has 116 valence electrons. The molecule has 0 aromatic heterocycles. The molecule has 1 saturated heterocycles. The highest BCUT2D eigenvalue weighted by molar-refractivity contribution is 7.99. The molecule has 2 unspecified atom stereocenters. The highest BCUT2D eigenvalue weighted by Crippen LogP contribution is 2.33. The molecule has 1 amide bonds. The lowest BCUT2D eigenvalue weighted by Crippen LogP contribution is -2.46. The first-order valence-electron chi connectivity index (χ1n) is 8.32. The summed E-state index contributed by atoms with van der Waals surface area (Å²) in [5, 5.41) is 4.40. The molecule has 2 aliphatic rings. The average Bonchev–Trinajstić information content (AvgIpc) is 2.76. The van der Waals surface area contributed by atoms with Gasteiger partial charge in [0, 0.05) is 11.3 Å². The van der Waals surface area contributed by atoms with E-state index in [0.29, 0.717) is 18.1 Å². The zero-order valence-electron chi connectivity index (χ0n) is 13.2. The summed E-state index contributed by atoms with van der Waals surface area (Å²) in [5.74, 6) is 0.373. The zero-order valence-corrected chi connectivity index (χ0v) is 14.0. The van der Waals surface area contributed by atoms with Gasteiger partial charge in [-0.1, -0.05) is 26.7 Å². The highest BCUT2D eigenvalue weighted by Gasteiger charge is 2.42. The Morgan fingerprint density at radius 1 is 1.15 bits per heavy atom. The number of amides is 1. The number of rotatable bonds is 6. The fourth-order valence-corrected chi connectivity index (χ4v) is 4.45. The predicted octanol–water partition coefficient (Wildman–Crippen LogP) is 3.39. The first-order valence-corrected chi connectivity index (χ1v) is 9.61. The SMILES string of the molecule is CCCC1NC(CCC)N(C2CCC(SC)CC2)C1=O. The third-order valence-electron chi connectivity index (χ3n) is 4.79. The van der Waals surface area contributed by atoms with Gasteiger partial charge in [-0.3, -0.25) is 10.1 Å². The fraction of sp³-hybridized carbons (Fsp3) is 0.938. The Kier molecular flexibility index (Phi) is 6.21. The van der Waals surface area contributed by atoms with Crippen LogP contribution in [0, 0.1) is 0 Å². The molecular weight excluding hydrogens is 268 g/mol. The standard InChI is InChI=1S/C16H30N2OS/c1-4-6-14-16(19)18(15(17-14)7-5-2)12-8-10-13(20-3)11-9-12/h12-15,17H,4-11H2,1-3H3. The van der Waals surface area contributed by atoms with E-state index in [-0.39, 0.29) is 6.04 Å². The van der Waals surface area contributed by atoms with Crippen molar-refractivity contribution in [1.82, 2.24) is 10.2 Å². The number of carbonyl (C=O) groups excluding carboxylic acids is 1. The van der Waals surface area contributed by atoms with Crippen molar-refractivity contribution < 1.29 is 4.79 Å². The van der Waals surface area contributed by atoms with Crippen LogP contribution in [-0.2, 0) is 4.79 Å². The van der Waals surface area contributed by atoms with Gasteiger partial charge >= 0.3 is 0 Å². The molecular formula is C16H30N2OS. The van der Waals surface area contributed by atoms with Gasteiger partial charge < -0.3 is 4.90 Å². The number of carbonyl (C=O) groups is 1. The summed E-state index contributed by atoms with van der Waals surface area (Å²) in [6.45, 7) is 4.37. The van der Waals surface area contributed by atoms with E-state index in [1.165, 1.54) is 25.7 Å². The Bertz CT molecular complexity index is 316. The minimum atomic E-state index is 0.0785. The predicted molar refractivity (Wildman–Crippen MR) is 86.9 cm³/mol. The number of thioether (sulfide) groups is 1. The van der Waals surface area contributed by atoms with Gasteiger partial charge in [0.15, 0.2) is 0 Å². The van der Waals surface area contributed by atoms with Gasteiger partial charge in [0.05, 0.1) is 12.2 Å². The molecule has 2 fully saturated rings. The van der Waals surface area contributed by atoms with Crippen LogP contribution in [0.4, 0.5) is 0 Å². The van der Waals surface area contributed by atoms with E-state index < -0.39 is 0 Å². The summed E-state index contributed by atoms with van der Waals surface area (Å²) < 4.78 is 0. The van der Waals surface area contributed by atoms with Gasteiger partial charge in [0.25, 0.3) is 0 Å². The molecule has 0 aromatic carbocycles. The van der Waals surface area contributed by atoms with E-state index in [4.69, 9.17) is 0 Å². The van der Waals surface area contributed by atoms with Gasteiger partial charge in [-0.05, 0) is 44.8 Å². The van der Waals surface area contributed by atoms with E-state index in [9.17, 15) is 4.79 Å². The van der Waals surface area contributed by atoms with Crippen molar-refractivity contribution in [3.63, 3.8) is 0 Å². The van der Waals surface area contributed by atoms with Gasteiger partial charge in [-0.15, -0.1) is 0 Å². The normalized spacial score (nSPS) is 34.8. The quantitative estimate of drug-likeness (QED) is 0.816.